The number of nitrogens with zero attached hydrogens (tertiary/aromatic N) is 1. The van der Waals surface area contributed by atoms with Gasteiger partial charge in [0, 0.05) is 23.6 Å². The second-order valence-electron chi connectivity index (χ2n) is 4.96. The lowest BCUT2D eigenvalue weighted by molar-refractivity contribution is 0.363. The van der Waals surface area contributed by atoms with Gasteiger partial charge in [-0.15, -0.1) is 0 Å². The molecule has 1 nitrogen and oxygen atoms in total. The molecule has 1 aromatic rings. The maximum Gasteiger partial charge on any atom is 0.123 e. The van der Waals surface area contributed by atoms with Crippen LogP contribution in [0.2, 0.25) is 0 Å². The summed E-state index contributed by atoms with van der Waals surface area (Å²) in [7, 11) is 0. The molecule has 0 aliphatic carbocycles. The predicted molar refractivity (Wildman–Crippen MR) is 74.2 cm³/mol. The fourth-order valence-corrected chi connectivity index (χ4v) is 3.07. The first-order chi connectivity index (χ1) is 8.13. The number of piperidine rings is 1. The van der Waals surface area contributed by atoms with Crippen LogP contribution in [0.4, 0.5) is 10.1 Å². The fourth-order valence-electron chi connectivity index (χ4n) is 2.62. The molecule has 0 bridgehead atoms. The quantitative estimate of drug-likeness (QED) is 0.734. The molecule has 3 heteroatoms. The minimum Gasteiger partial charge on any atom is -0.368 e. The molecule has 2 unspecified atom stereocenters. The van der Waals surface area contributed by atoms with E-state index in [2.05, 4.69) is 34.7 Å². The zero-order chi connectivity index (χ0) is 12.4. The normalized spacial score (nSPS) is 25.1. The van der Waals surface area contributed by atoms with Crippen molar-refractivity contribution in [3.63, 3.8) is 0 Å². The summed E-state index contributed by atoms with van der Waals surface area (Å²) in [4.78, 5) is 2.42. The van der Waals surface area contributed by atoms with E-state index < -0.39 is 0 Å². The van der Waals surface area contributed by atoms with Gasteiger partial charge in [0.25, 0.3) is 0 Å². The van der Waals surface area contributed by atoms with Gasteiger partial charge in [-0.1, -0.05) is 22.9 Å². The van der Waals surface area contributed by atoms with E-state index in [4.69, 9.17) is 0 Å². The van der Waals surface area contributed by atoms with Crippen LogP contribution in [0.1, 0.15) is 32.3 Å². The predicted octanol–water partition coefficient (Wildman–Crippen LogP) is 4.35. The van der Waals surface area contributed by atoms with Crippen LogP contribution in [-0.4, -0.2) is 12.6 Å². The molecule has 0 N–H and O–H groups in total. The highest BCUT2D eigenvalue weighted by molar-refractivity contribution is 9.08. The summed E-state index contributed by atoms with van der Waals surface area (Å²) in [6.07, 6.45) is 2.52. The molecular weight excluding hydrogens is 281 g/mol. The first-order valence-electron chi connectivity index (χ1n) is 6.24. The summed E-state index contributed by atoms with van der Waals surface area (Å²) < 4.78 is 13.2. The lowest BCUT2D eigenvalue weighted by Crippen LogP contribution is -2.42. The van der Waals surface area contributed by atoms with Crippen molar-refractivity contribution in [3.05, 3.63) is 29.6 Å². The van der Waals surface area contributed by atoms with Crippen molar-refractivity contribution in [2.45, 2.75) is 38.1 Å². The number of alkyl halides is 1. The van der Waals surface area contributed by atoms with Gasteiger partial charge in [-0.25, -0.2) is 4.39 Å². The van der Waals surface area contributed by atoms with Gasteiger partial charge in [0.15, 0.2) is 0 Å². The summed E-state index contributed by atoms with van der Waals surface area (Å²) in [5.74, 6) is 0.554. The molecule has 0 amide bonds. The van der Waals surface area contributed by atoms with Crippen LogP contribution < -0.4 is 4.90 Å². The van der Waals surface area contributed by atoms with Crippen molar-refractivity contribution in [1.29, 1.82) is 0 Å². The van der Waals surface area contributed by atoms with Crippen molar-refractivity contribution >= 4 is 21.6 Å². The second-order valence-corrected chi connectivity index (χ2v) is 5.52. The first-order valence-corrected chi connectivity index (χ1v) is 7.36. The molecule has 0 aromatic heterocycles. The maximum absolute atomic E-state index is 13.2. The smallest absolute Gasteiger partial charge is 0.123 e. The molecular formula is C14H19BrFN. The second kappa shape index (κ2) is 5.38. The third-order valence-corrected chi connectivity index (χ3v) is 4.47. The van der Waals surface area contributed by atoms with Crippen molar-refractivity contribution in [2.24, 2.45) is 5.92 Å². The highest BCUT2D eigenvalue weighted by Crippen LogP contribution is 2.32. The van der Waals surface area contributed by atoms with Crippen molar-refractivity contribution in [3.8, 4) is 0 Å². The summed E-state index contributed by atoms with van der Waals surface area (Å²) in [6, 6.07) is 5.65. The Morgan fingerprint density at radius 2 is 2.18 bits per heavy atom. The topological polar surface area (TPSA) is 3.24 Å². The van der Waals surface area contributed by atoms with Crippen LogP contribution in [0.3, 0.4) is 0 Å². The molecule has 1 aliphatic heterocycles. The van der Waals surface area contributed by atoms with Gasteiger partial charge in [-0.2, -0.15) is 0 Å². The zero-order valence-electron chi connectivity index (χ0n) is 10.4. The van der Waals surface area contributed by atoms with E-state index in [1.54, 1.807) is 12.1 Å². The Hall–Kier alpha value is -0.570. The van der Waals surface area contributed by atoms with Crippen LogP contribution in [0.25, 0.3) is 0 Å². The largest absolute Gasteiger partial charge is 0.368 e. The van der Waals surface area contributed by atoms with E-state index in [1.165, 1.54) is 18.5 Å². The Labute approximate surface area is 111 Å². The lowest BCUT2D eigenvalue weighted by atomic mass is 9.91. The number of halogens is 2. The summed E-state index contributed by atoms with van der Waals surface area (Å²) in [5.41, 5.74) is 2.23. The lowest BCUT2D eigenvalue weighted by Gasteiger charge is -2.40. The van der Waals surface area contributed by atoms with E-state index >= 15 is 0 Å². The number of hydrogen-bond acceptors (Lipinski definition) is 1. The number of hydrogen-bond donors (Lipinski definition) is 0. The molecule has 17 heavy (non-hydrogen) atoms. The third-order valence-electron chi connectivity index (χ3n) is 3.87. The van der Waals surface area contributed by atoms with E-state index in [9.17, 15) is 4.39 Å². The van der Waals surface area contributed by atoms with Gasteiger partial charge >= 0.3 is 0 Å². The molecule has 1 aliphatic rings. The SMILES string of the molecule is CC1CCCN(c2ccc(F)cc2CBr)C1C. The van der Waals surface area contributed by atoms with E-state index in [-0.39, 0.29) is 5.82 Å². The first kappa shape index (κ1) is 12.9. The molecule has 0 spiro atoms. The van der Waals surface area contributed by atoms with Crippen LogP contribution in [-0.2, 0) is 5.33 Å². The molecule has 1 heterocycles. The van der Waals surface area contributed by atoms with Gasteiger partial charge in [0.05, 0.1) is 0 Å². The van der Waals surface area contributed by atoms with Gasteiger partial charge in [0.1, 0.15) is 5.82 Å². The minimum absolute atomic E-state index is 0.152. The Balaban J connectivity index is 2.32. The van der Waals surface area contributed by atoms with E-state index in [0.717, 1.165) is 12.1 Å². The fraction of sp³-hybridized carbons (Fsp3) is 0.571. The van der Waals surface area contributed by atoms with E-state index in [0.29, 0.717) is 17.3 Å². The van der Waals surface area contributed by atoms with Crippen LogP contribution >= 0.6 is 15.9 Å². The molecule has 0 saturated carbocycles. The monoisotopic (exact) mass is 299 g/mol. The molecule has 1 aromatic carbocycles. The van der Waals surface area contributed by atoms with Gasteiger partial charge in [-0.05, 0) is 49.4 Å². The molecule has 0 radical (unpaired) electrons. The Bertz CT molecular complexity index is 394. The standard InChI is InChI=1S/C14H19BrFN/c1-10-4-3-7-17(11(10)2)14-6-5-13(16)8-12(14)9-15/h5-6,8,10-11H,3-4,7,9H2,1-2H3. The Kier molecular flexibility index (Phi) is 4.08. The van der Waals surface area contributed by atoms with Gasteiger partial charge in [0.2, 0.25) is 0 Å². The highest BCUT2D eigenvalue weighted by atomic mass is 79.9. The maximum atomic E-state index is 13.2. The molecule has 1 saturated heterocycles. The average molecular weight is 300 g/mol. The summed E-state index contributed by atoms with van der Waals surface area (Å²) in [5, 5.41) is 0.706. The minimum atomic E-state index is -0.152. The Morgan fingerprint density at radius 1 is 1.41 bits per heavy atom. The Morgan fingerprint density at radius 3 is 2.88 bits per heavy atom. The van der Waals surface area contributed by atoms with Crippen LogP contribution in [0.5, 0.6) is 0 Å². The van der Waals surface area contributed by atoms with Gasteiger partial charge < -0.3 is 4.90 Å². The highest BCUT2D eigenvalue weighted by Gasteiger charge is 2.26. The number of anilines is 1. The van der Waals surface area contributed by atoms with Crippen LogP contribution in [0.15, 0.2) is 18.2 Å². The average Bonchev–Trinajstić information content (AvgIpc) is 2.33. The molecule has 2 rings (SSSR count). The molecule has 1 fully saturated rings. The van der Waals surface area contributed by atoms with Gasteiger partial charge in [-0.3, -0.25) is 0 Å². The number of benzene rings is 1. The zero-order valence-corrected chi connectivity index (χ0v) is 12.0. The van der Waals surface area contributed by atoms with Crippen LogP contribution in [0, 0.1) is 11.7 Å². The van der Waals surface area contributed by atoms with Crippen molar-refractivity contribution in [1.82, 2.24) is 0 Å². The number of rotatable bonds is 2. The van der Waals surface area contributed by atoms with Crippen molar-refractivity contribution < 1.29 is 4.39 Å². The van der Waals surface area contributed by atoms with E-state index in [1.807, 2.05) is 6.07 Å². The summed E-state index contributed by atoms with van der Waals surface area (Å²) in [6.45, 7) is 5.65. The van der Waals surface area contributed by atoms with Crippen molar-refractivity contribution in [2.75, 3.05) is 11.4 Å². The molecule has 2 atom stereocenters. The third kappa shape index (κ3) is 2.65. The molecule has 94 valence electrons. The summed E-state index contributed by atoms with van der Waals surface area (Å²) >= 11 is 3.45.